The highest BCUT2D eigenvalue weighted by molar-refractivity contribution is 7.91. The summed E-state index contributed by atoms with van der Waals surface area (Å²) in [5.41, 5.74) is 0.387. The van der Waals surface area contributed by atoms with Crippen LogP contribution in [-0.2, 0) is 14.6 Å². The van der Waals surface area contributed by atoms with Crippen molar-refractivity contribution >= 4 is 21.5 Å². The van der Waals surface area contributed by atoms with Gasteiger partial charge in [-0.1, -0.05) is 6.92 Å². The maximum atomic E-state index is 11.7. The number of rotatable bonds is 6. The van der Waals surface area contributed by atoms with Crippen LogP contribution in [-0.4, -0.2) is 30.8 Å². The van der Waals surface area contributed by atoms with E-state index in [1.807, 2.05) is 0 Å². The molecule has 0 amide bonds. The lowest BCUT2D eigenvalue weighted by molar-refractivity contribution is -0.138. The predicted molar refractivity (Wildman–Crippen MR) is 76.6 cm³/mol. The average molecular weight is 297 g/mol. The van der Waals surface area contributed by atoms with Crippen LogP contribution in [0, 0.1) is 0 Å². The van der Waals surface area contributed by atoms with E-state index in [0.717, 1.165) is 24.9 Å². The van der Waals surface area contributed by atoms with Gasteiger partial charge >= 0.3 is 5.97 Å². The number of aliphatic carboxylic acids is 1. The highest BCUT2D eigenvalue weighted by atomic mass is 32.2. The smallest absolute Gasteiger partial charge is 0.305 e. The molecular weight excluding hydrogens is 278 g/mol. The Balaban J connectivity index is 2.13. The molecular formula is C14H19NO4S. The van der Waals surface area contributed by atoms with Crippen molar-refractivity contribution in [3.05, 3.63) is 24.3 Å². The van der Waals surface area contributed by atoms with Crippen molar-refractivity contribution in [1.29, 1.82) is 0 Å². The third kappa shape index (κ3) is 3.12. The molecule has 0 aliphatic heterocycles. The van der Waals surface area contributed by atoms with Gasteiger partial charge < -0.3 is 10.4 Å². The van der Waals surface area contributed by atoms with Crippen molar-refractivity contribution in [3.8, 4) is 0 Å². The van der Waals surface area contributed by atoms with Gasteiger partial charge in [-0.3, -0.25) is 4.79 Å². The minimum absolute atomic E-state index is 0.0721. The van der Waals surface area contributed by atoms with E-state index in [0.29, 0.717) is 4.90 Å². The second-order valence-corrected chi connectivity index (χ2v) is 7.54. The van der Waals surface area contributed by atoms with Gasteiger partial charge in [0.1, 0.15) is 0 Å². The molecule has 1 saturated carbocycles. The van der Waals surface area contributed by atoms with Gasteiger partial charge in [-0.2, -0.15) is 0 Å². The molecule has 6 heteroatoms. The van der Waals surface area contributed by atoms with Crippen LogP contribution in [0.15, 0.2) is 29.2 Å². The van der Waals surface area contributed by atoms with Gasteiger partial charge in [-0.05, 0) is 43.5 Å². The SMILES string of the molecule is CCS(=O)(=O)c1ccc(NC2(CC(=O)O)CCC2)cc1. The quantitative estimate of drug-likeness (QED) is 0.841. The summed E-state index contributed by atoms with van der Waals surface area (Å²) in [5, 5.41) is 12.2. The molecule has 5 nitrogen and oxygen atoms in total. The first-order valence-electron chi connectivity index (χ1n) is 6.70. The highest BCUT2D eigenvalue weighted by Gasteiger charge is 2.38. The van der Waals surface area contributed by atoms with Crippen molar-refractivity contribution in [2.24, 2.45) is 0 Å². The lowest BCUT2D eigenvalue weighted by Gasteiger charge is -2.42. The number of hydrogen-bond donors (Lipinski definition) is 2. The molecule has 0 saturated heterocycles. The Morgan fingerprint density at radius 1 is 1.30 bits per heavy atom. The number of carboxylic acids is 1. The zero-order chi connectivity index (χ0) is 14.8. The summed E-state index contributed by atoms with van der Waals surface area (Å²) in [6, 6.07) is 6.53. The zero-order valence-corrected chi connectivity index (χ0v) is 12.2. The minimum Gasteiger partial charge on any atom is -0.481 e. The van der Waals surface area contributed by atoms with E-state index in [2.05, 4.69) is 5.32 Å². The molecule has 0 heterocycles. The largest absolute Gasteiger partial charge is 0.481 e. The van der Waals surface area contributed by atoms with Gasteiger partial charge in [0.05, 0.1) is 17.1 Å². The summed E-state index contributed by atoms with van der Waals surface area (Å²) in [6.45, 7) is 1.61. The molecule has 2 rings (SSSR count). The molecule has 1 aromatic carbocycles. The molecule has 110 valence electrons. The van der Waals surface area contributed by atoms with Crippen molar-refractivity contribution in [2.75, 3.05) is 11.1 Å². The van der Waals surface area contributed by atoms with E-state index in [9.17, 15) is 13.2 Å². The van der Waals surface area contributed by atoms with E-state index in [1.165, 1.54) is 0 Å². The summed E-state index contributed by atoms with van der Waals surface area (Å²) in [5.74, 6) is -0.745. The fourth-order valence-corrected chi connectivity index (χ4v) is 3.34. The lowest BCUT2D eigenvalue weighted by Crippen LogP contribution is -2.46. The van der Waals surface area contributed by atoms with E-state index >= 15 is 0 Å². The third-order valence-corrected chi connectivity index (χ3v) is 5.55. The van der Waals surface area contributed by atoms with E-state index < -0.39 is 15.8 Å². The van der Waals surface area contributed by atoms with Crippen molar-refractivity contribution < 1.29 is 18.3 Å². The number of nitrogens with one attached hydrogen (secondary N) is 1. The monoisotopic (exact) mass is 297 g/mol. The number of hydrogen-bond acceptors (Lipinski definition) is 4. The van der Waals surface area contributed by atoms with Crippen LogP contribution in [0.4, 0.5) is 5.69 Å². The Hall–Kier alpha value is -1.56. The van der Waals surface area contributed by atoms with Crippen LogP contribution in [0.25, 0.3) is 0 Å². The molecule has 2 N–H and O–H groups in total. The van der Waals surface area contributed by atoms with Gasteiger partial charge in [0, 0.05) is 11.2 Å². The molecule has 0 unspecified atom stereocenters. The topological polar surface area (TPSA) is 83.5 Å². The fraction of sp³-hybridized carbons (Fsp3) is 0.500. The maximum Gasteiger partial charge on any atom is 0.305 e. The molecule has 1 aliphatic rings. The molecule has 0 bridgehead atoms. The molecule has 20 heavy (non-hydrogen) atoms. The molecule has 0 radical (unpaired) electrons. The van der Waals surface area contributed by atoms with Crippen LogP contribution in [0.1, 0.15) is 32.6 Å². The first kappa shape index (κ1) is 14.8. The highest BCUT2D eigenvalue weighted by Crippen LogP contribution is 2.38. The normalized spacial score (nSPS) is 17.2. The number of carboxylic acid groups (broad SMARTS) is 1. The zero-order valence-electron chi connectivity index (χ0n) is 11.4. The second-order valence-electron chi connectivity index (χ2n) is 5.26. The number of anilines is 1. The van der Waals surface area contributed by atoms with Gasteiger partial charge in [-0.15, -0.1) is 0 Å². The molecule has 1 aliphatic carbocycles. The summed E-state index contributed by atoms with van der Waals surface area (Å²) >= 11 is 0. The molecule has 0 aromatic heterocycles. The van der Waals surface area contributed by atoms with Crippen LogP contribution in [0.3, 0.4) is 0 Å². The molecule has 0 atom stereocenters. The maximum absolute atomic E-state index is 11.7. The Kier molecular flexibility index (Phi) is 4.04. The van der Waals surface area contributed by atoms with Crippen LogP contribution in [0.2, 0.25) is 0 Å². The van der Waals surface area contributed by atoms with Crippen molar-refractivity contribution in [3.63, 3.8) is 0 Å². The summed E-state index contributed by atoms with van der Waals surface area (Å²) < 4.78 is 23.4. The van der Waals surface area contributed by atoms with Crippen LogP contribution in [0.5, 0.6) is 0 Å². The van der Waals surface area contributed by atoms with Crippen molar-refractivity contribution in [1.82, 2.24) is 0 Å². The van der Waals surface area contributed by atoms with Gasteiger partial charge in [0.15, 0.2) is 9.84 Å². The standard InChI is InChI=1S/C14H19NO4S/c1-2-20(18,19)12-6-4-11(5-7-12)15-14(8-3-9-14)10-13(16)17/h4-7,15H,2-3,8-10H2,1H3,(H,16,17). The number of carbonyl (C=O) groups is 1. The summed E-state index contributed by atoms with van der Waals surface area (Å²) in [6.07, 6.45) is 2.76. The van der Waals surface area contributed by atoms with Gasteiger partial charge in [-0.25, -0.2) is 8.42 Å². The number of sulfone groups is 1. The Morgan fingerprint density at radius 2 is 1.90 bits per heavy atom. The van der Waals surface area contributed by atoms with E-state index in [4.69, 9.17) is 5.11 Å². The Morgan fingerprint density at radius 3 is 2.30 bits per heavy atom. The molecule has 1 aromatic rings. The first-order chi connectivity index (χ1) is 9.37. The minimum atomic E-state index is -3.19. The van der Waals surface area contributed by atoms with Crippen molar-refractivity contribution in [2.45, 2.75) is 43.0 Å². The van der Waals surface area contributed by atoms with E-state index in [1.54, 1.807) is 31.2 Å². The lowest BCUT2D eigenvalue weighted by atomic mass is 9.74. The van der Waals surface area contributed by atoms with Gasteiger partial charge in [0.2, 0.25) is 0 Å². The Labute approximate surface area is 118 Å². The second kappa shape index (κ2) is 5.44. The predicted octanol–water partition coefficient (Wildman–Crippen LogP) is 2.29. The molecule has 0 spiro atoms. The fourth-order valence-electron chi connectivity index (χ4n) is 2.46. The molecule has 1 fully saturated rings. The van der Waals surface area contributed by atoms with Crippen LogP contribution < -0.4 is 5.32 Å². The van der Waals surface area contributed by atoms with Gasteiger partial charge in [0.25, 0.3) is 0 Å². The first-order valence-corrected chi connectivity index (χ1v) is 8.35. The number of benzene rings is 1. The van der Waals surface area contributed by atoms with Crippen LogP contribution >= 0.6 is 0 Å². The van der Waals surface area contributed by atoms with E-state index in [-0.39, 0.29) is 17.7 Å². The summed E-state index contributed by atoms with van der Waals surface area (Å²) in [4.78, 5) is 11.2. The Bertz CT molecular complexity index is 588. The third-order valence-electron chi connectivity index (χ3n) is 3.80. The summed E-state index contributed by atoms with van der Waals surface area (Å²) in [7, 11) is -3.19. The average Bonchev–Trinajstić information content (AvgIpc) is 2.36.